The number of hydrogen-bond donors (Lipinski definition) is 3. The fourth-order valence-corrected chi connectivity index (χ4v) is 2.04. The van der Waals surface area contributed by atoms with Crippen LogP contribution in [0.1, 0.15) is 25.1 Å². The van der Waals surface area contributed by atoms with E-state index in [-0.39, 0.29) is 18.7 Å². The molecular weight excluding hydrogens is 254 g/mol. The maximum Gasteiger partial charge on any atom is 0.330 e. The second kappa shape index (κ2) is 5.37. The highest BCUT2D eigenvalue weighted by Gasteiger charge is 2.33. The Morgan fingerprint density at radius 1 is 1.58 bits per heavy atom. The van der Waals surface area contributed by atoms with Gasteiger partial charge in [-0.2, -0.15) is 0 Å². The number of nitrogens with one attached hydrogen (secondary N) is 1. The van der Waals surface area contributed by atoms with Crippen LogP contribution >= 0.6 is 0 Å². The van der Waals surface area contributed by atoms with Gasteiger partial charge in [-0.1, -0.05) is 12.1 Å². The SMILES string of the molecule is CCc1cn([C@H]2C/C(=N\O)[C@@H](CO)O2)c(=O)[nH]c1=O. The predicted molar refractivity (Wildman–Crippen MR) is 65.5 cm³/mol. The van der Waals surface area contributed by atoms with Crippen molar-refractivity contribution in [3.8, 4) is 0 Å². The lowest BCUT2D eigenvalue weighted by atomic mass is 10.2. The second-order valence-electron chi connectivity index (χ2n) is 4.23. The molecule has 2 rings (SSSR count). The third-order valence-electron chi connectivity index (χ3n) is 3.10. The molecule has 8 nitrogen and oxygen atoms in total. The molecule has 2 atom stereocenters. The van der Waals surface area contributed by atoms with Crippen molar-refractivity contribution < 1.29 is 15.1 Å². The van der Waals surface area contributed by atoms with Gasteiger partial charge in [-0.05, 0) is 6.42 Å². The van der Waals surface area contributed by atoms with Gasteiger partial charge in [0.05, 0.1) is 12.3 Å². The minimum atomic E-state index is -0.737. The van der Waals surface area contributed by atoms with Gasteiger partial charge in [0.2, 0.25) is 0 Å². The number of rotatable bonds is 3. The van der Waals surface area contributed by atoms with Crippen molar-refractivity contribution in [2.75, 3.05) is 6.61 Å². The predicted octanol–water partition coefficient (Wildman–Crippen LogP) is -0.791. The number of aromatic nitrogens is 2. The van der Waals surface area contributed by atoms with Crippen LogP contribution in [0.5, 0.6) is 0 Å². The number of aliphatic hydroxyl groups is 1. The van der Waals surface area contributed by atoms with Crippen molar-refractivity contribution in [2.45, 2.75) is 32.1 Å². The lowest BCUT2D eigenvalue weighted by molar-refractivity contribution is -0.0153. The Morgan fingerprint density at radius 2 is 2.32 bits per heavy atom. The van der Waals surface area contributed by atoms with E-state index in [1.54, 1.807) is 6.92 Å². The fraction of sp³-hybridized carbons (Fsp3) is 0.545. The Hall–Kier alpha value is -1.93. The summed E-state index contributed by atoms with van der Waals surface area (Å²) in [7, 11) is 0. The van der Waals surface area contributed by atoms with E-state index in [4.69, 9.17) is 15.1 Å². The van der Waals surface area contributed by atoms with E-state index in [2.05, 4.69) is 10.1 Å². The molecule has 0 radical (unpaired) electrons. The van der Waals surface area contributed by atoms with E-state index in [9.17, 15) is 9.59 Å². The lowest BCUT2D eigenvalue weighted by Gasteiger charge is -2.14. The number of aliphatic hydroxyl groups excluding tert-OH is 1. The zero-order valence-electron chi connectivity index (χ0n) is 10.4. The van der Waals surface area contributed by atoms with Crippen molar-refractivity contribution in [3.05, 3.63) is 32.6 Å². The molecule has 1 saturated heterocycles. The van der Waals surface area contributed by atoms with Gasteiger partial charge >= 0.3 is 5.69 Å². The van der Waals surface area contributed by atoms with Crippen molar-refractivity contribution in [2.24, 2.45) is 5.16 Å². The van der Waals surface area contributed by atoms with Crippen LogP contribution in [0.2, 0.25) is 0 Å². The summed E-state index contributed by atoms with van der Waals surface area (Å²) in [5.74, 6) is 0. The minimum absolute atomic E-state index is 0.177. The molecule has 0 spiro atoms. The van der Waals surface area contributed by atoms with E-state index in [1.165, 1.54) is 10.8 Å². The van der Waals surface area contributed by atoms with Crippen molar-refractivity contribution in [1.29, 1.82) is 0 Å². The number of H-pyrrole nitrogens is 1. The first-order valence-electron chi connectivity index (χ1n) is 5.92. The molecule has 19 heavy (non-hydrogen) atoms. The maximum absolute atomic E-state index is 11.7. The van der Waals surface area contributed by atoms with E-state index >= 15 is 0 Å². The molecule has 3 N–H and O–H groups in total. The Morgan fingerprint density at radius 3 is 2.84 bits per heavy atom. The van der Waals surface area contributed by atoms with Gasteiger partial charge in [0.1, 0.15) is 12.3 Å². The largest absolute Gasteiger partial charge is 0.411 e. The highest BCUT2D eigenvalue weighted by atomic mass is 16.5. The van der Waals surface area contributed by atoms with Crippen LogP contribution in [0.3, 0.4) is 0 Å². The van der Waals surface area contributed by atoms with Gasteiger partial charge < -0.3 is 15.1 Å². The van der Waals surface area contributed by atoms with E-state index in [0.717, 1.165) is 0 Å². The molecule has 1 aromatic heterocycles. The first-order valence-corrected chi connectivity index (χ1v) is 5.92. The van der Waals surface area contributed by atoms with Crippen LogP contribution in [-0.4, -0.2) is 38.3 Å². The summed E-state index contributed by atoms with van der Waals surface area (Å²) < 4.78 is 6.66. The molecule has 104 valence electrons. The summed E-state index contributed by atoms with van der Waals surface area (Å²) in [4.78, 5) is 25.4. The normalized spacial score (nSPS) is 25.1. The molecule has 1 aliphatic rings. The number of nitrogens with zero attached hydrogens (tertiary/aromatic N) is 2. The molecule has 0 unspecified atom stereocenters. The first-order chi connectivity index (χ1) is 9.10. The van der Waals surface area contributed by atoms with Gasteiger partial charge in [-0.25, -0.2) is 4.79 Å². The summed E-state index contributed by atoms with van der Waals surface area (Å²) in [6.45, 7) is 1.46. The number of hydrogen-bond acceptors (Lipinski definition) is 6. The fourth-order valence-electron chi connectivity index (χ4n) is 2.04. The highest BCUT2D eigenvalue weighted by molar-refractivity contribution is 5.90. The van der Waals surface area contributed by atoms with Crippen LogP contribution in [-0.2, 0) is 11.2 Å². The topological polar surface area (TPSA) is 117 Å². The number of aromatic amines is 1. The molecule has 0 aromatic carbocycles. The number of ether oxygens (including phenoxy) is 1. The molecule has 0 saturated carbocycles. The number of oxime groups is 1. The van der Waals surface area contributed by atoms with Gasteiger partial charge in [0, 0.05) is 18.2 Å². The van der Waals surface area contributed by atoms with E-state index < -0.39 is 23.6 Å². The molecule has 1 aromatic rings. The summed E-state index contributed by atoms with van der Waals surface area (Å²) in [5.41, 5.74) is -0.290. The summed E-state index contributed by atoms with van der Waals surface area (Å²) in [6.07, 6.45) is 0.654. The Kier molecular flexibility index (Phi) is 3.82. The van der Waals surface area contributed by atoms with E-state index in [0.29, 0.717) is 12.0 Å². The van der Waals surface area contributed by atoms with Crippen molar-refractivity contribution in [3.63, 3.8) is 0 Å². The molecule has 0 amide bonds. The zero-order chi connectivity index (χ0) is 14.0. The van der Waals surface area contributed by atoms with Crippen LogP contribution in [0, 0.1) is 0 Å². The molecule has 0 aliphatic carbocycles. The summed E-state index contributed by atoms with van der Waals surface area (Å²) in [6, 6.07) is 0. The Bertz CT molecular complexity index is 603. The van der Waals surface area contributed by atoms with Crippen molar-refractivity contribution in [1.82, 2.24) is 9.55 Å². The van der Waals surface area contributed by atoms with Crippen LogP contribution < -0.4 is 11.2 Å². The summed E-state index contributed by atoms with van der Waals surface area (Å²) >= 11 is 0. The van der Waals surface area contributed by atoms with Gasteiger partial charge in [0.15, 0.2) is 0 Å². The van der Waals surface area contributed by atoms with Gasteiger partial charge in [-0.3, -0.25) is 14.3 Å². The minimum Gasteiger partial charge on any atom is -0.411 e. The van der Waals surface area contributed by atoms with Gasteiger partial charge in [-0.15, -0.1) is 0 Å². The van der Waals surface area contributed by atoms with Crippen LogP contribution in [0.4, 0.5) is 0 Å². The lowest BCUT2D eigenvalue weighted by Crippen LogP contribution is -2.34. The van der Waals surface area contributed by atoms with Crippen LogP contribution in [0.15, 0.2) is 20.9 Å². The Balaban J connectivity index is 2.39. The summed E-state index contributed by atoms with van der Waals surface area (Å²) in [5, 5.41) is 20.9. The maximum atomic E-state index is 11.7. The molecule has 0 bridgehead atoms. The number of aryl methyl sites for hydroxylation is 1. The monoisotopic (exact) mass is 269 g/mol. The molecule has 2 heterocycles. The smallest absolute Gasteiger partial charge is 0.330 e. The quantitative estimate of drug-likeness (QED) is 0.491. The second-order valence-corrected chi connectivity index (χ2v) is 4.23. The molecular formula is C11H15N3O5. The van der Waals surface area contributed by atoms with Gasteiger partial charge in [0.25, 0.3) is 5.56 Å². The third kappa shape index (κ3) is 2.45. The standard InChI is InChI=1S/C11H15N3O5/c1-2-6-4-14(11(17)12-10(6)16)9-3-7(13-18)8(5-15)19-9/h4,8-9,15,18H,2-3,5H2,1H3,(H,12,16,17)/b13-7+/t8-,9-/m1/s1. The van der Waals surface area contributed by atoms with Crippen molar-refractivity contribution >= 4 is 5.71 Å². The van der Waals surface area contributed by atoms with Crippen LogP contribution in [0.25, 0.3) is 0 Å². The molecule has 1 fully saturated rings. The molecule has 8 heteroatoms. The zero-order valence-corrected chi connectivity index (χ0v) is 10.4. The average molecular weight is 269 g/mol. The third-order valence-corrected chi connectivity index (χ3v) is 3.10. The van der Waals surface area contributed by atoms with E-state index in [1.807, 2.05) is 0 Å². The highest BCUT2D eigenvalue weighted by Crippen LogP contribution is 2.24. The first kappa shape index (κ1) is 13.5. The Labute approximate surface area is 108 Å². The average Bonchev–Trinajstić information content (AvgIpc) is 2.82. The molecule has 1 aliphatic heterocycles.